The molecule has 0 spiro atoms. The number of benzene rings is 2. The average Bonchev–Trinajstić information content (AvgIpc) is 2.46. The zero-order valence-corrected chi connectivity index (χ0v) is 12.4. The van der Waals surface area contributed by atoms with Crippen molar-refractivity contribution >= 4 is 21.6 Å². The number of nitrogens with one attached hydrogen (secondary N) is 1. The second-order valence-corrected chi connectivity index (χ2v) is 6.10. The molecule has 0 bridgehead atoms. The van der Waals surface area contributed by atoms with Crippen LogP contribution in [0.25, 0.3) is 0 Å². The summed E-state index contributed by atoms with van der Waals surface area (Å²) in [5, 5.41) is 7.76. The van der Waals surface area contributed by atoms with E-state index in [0.717, 1.165) is 12.0 Å². The molecule has 2 aromatic rings. The van der Waals surface area contributed by atoms with Crippen molar-refractivity contribution in [1.82, 2.24) is 0 Å². The number of hydrogen-bond donors (Lipinski definition) is 2. The Balaban J connectivity index is 2.28. The molecule has 110 valence electrons. The second-order valence-electron chi connectivity index (χ2n) is 4.54. The highest BCUT2D eigenvalue weighted by Gasteiger charge is 2.12. The first-order valence-corrected chi connectivity index (χ1v) is 7.98. The van der Waals surface area contributed by atoms with Gasteiger partial charge in [0.1, 0.15) is 0 Å². The number of hydrogen-bond acceptors (Lipinski definition) is 3. The van der Waals surface area contributed by atoms with Gasteiger partial charge in [0.15, 0.2) is 0 Å². The topological polar surface area (TPSA) is 89.3 Å². The van der Waals surface area contributed by atoms with Crippen molar-refractivity contribution in [2.24, 2.45) is 5.14 Å². The summed E-state index contributed by atoms with van der Waals surface area (Å²) in [6.45, 7) is 1.97. The van der Waals surface area contributed by atoms with Gasteiger partial charge in [0.05, 0.1) is 4.90 Å². The fraction of sp³-hybridized carbons (Fsp3) is 0.133. The number of anilines is 1. The molecule has 3 N–H and O–H groups in total. The highest BCUT2D eigenvalue weighted by atomic mass is 32.2. The Morgan fingerprint density at radius 3 is 2.52 bits per heavy atom. The molecule has 2 aromatic carbocycles. The third kappa shape index (κ3) is 3.68. The SMILES string of the molecule is CCc1ccccc1C(=O)Nc1cccc(S(N)(=O)=O)c1. The van der Waals surface area contributed by atoms with Gasteiger partial charge in [-0.25, -0.2) is 13.6 Å². The number of carbonyl (C=O) groups excluding carboxylic acids is 1. The smallest absolute Gasteiger partial charge is 0.255 e. The zero-order chi connectivity index (χ0) is 15.5. The maximum absolute atomic E-state index is 12.3. The molecular formula is C15H16N2O3S. The molecule has 0 saturated carbocycles. The number of rotatable bonds is 4. The Bertz CT molecular complexity index is 770. The van der Waals surface area contributed by atoms with Crippen molar-refractivity contribution in [3.8, 4) is 0 Å². The molecule has 0 radical (unpaired) electrons. The lowest BCUT2D eigenvalue weighted by Gasteiger charge is -2.09. The van der Waals surface area contributed by atoms with E-state index in [1.807, 2.05) is 19.1 Å². The van der Waals surface area contributed by atoms with Gasteiger partial charge in [-0.1, -0.05) is 31.2 Å². The number of primary sulfonamides is 1. The van der Waals surface area contributed by atoms with E-state index in [1.54, 1.807) is 18.2 Å². The number of carbonyl (C=O) groups is 1. The molecule has 21 heavy (non-hydrogen) atoms. The molecule has 0 saturated heterocycles. The molecule has 1 amide bonds. The van der Waals surface area contributed by atoms with Crippen molar-refractivity contribution in [3.05, 3.63) is 59.7 Å². The molecule has 2 rings (SSSR count). The van der Waals surface area contributed by atoms with Crippen LogP contribution in [0.4, 0.5) is 5.69 Å². The summed E-state index contributed by atoms with van der Waals surface area (Å²) in [5.74, 6) is -0.279. The first-order valence-electron chi connectivity index (χ1n) is 6.44. The van der Waals surface area contributed by atoms with Gasteiger partial charge in [-0.05, 0) is 36.2 Å². The first-order chi connectivity index (χ1) is 9.91. The largest absolute Gasteiger partial charge is 0.322 e. The van der Waals surface area contributed by atoms with Gasteiger partial charge < -0.3 is 5.32 Å². The molecule has 0 fully saturated rings. The average molecular weight is 304 g/mol. The molecule has 0 atom stereocenters. The molecule has 0 heterocycles. The molecule has 0 aliphatic rings. The van der Waals surface area contributed by atoms with E-state index in [0.29, 0.717) is 11.3 Å². The maximum Gasteiger partial charge on any atom is 0.255 e. The minimum absolute atomic E-state index is 0.0379. The highest BCUT2D eigenvalue weighted by Crippen LogP contribution is 2.16. The number of sulfonamides is 1. The van der Waals surface area contributed by atoms with Crippen LogP contribution < -0.4 is 10.5 Å². The Hall–Kier alpha value is -2.18. The van der Waals surface area contributed by atoms with Crippen LogP contribution in [-0.2, 0) is 16.4 Å². The Morgan fingerprint density at radius 1 is 1.14 bits per heavy atom. The standard InChI is InChI=1S/C15H16N2O3S/c1-2-11-6-3-4-9-14(11)15(18)17-12-7-5-8-13(10-12)21(16,19)20/h3-10H,2H2,1H3,(H,17,18)(H2,16,19,20). The van der Waals surface area contributed by atoms with E-state index < -0.39 is 10.0 Å². The molecule has 0 aromatic heterocycles. The van der Waals surface area contributed by atoms with Gasteiger partial charge >= 0.3 is 0 Å². The van der Waals surface area contributed by atoms with Gasteiger partial charge in [-0.3, -0.25) is 4.79 Å². The van der Waals surface area contributed by atoms with Crippen molar-refractivity contribution in [2.45, 2.75) is 18.2 Å². The summed E-state index contributed by atoms with van der Waals surface area (Å²) in [4.78, 5) is 12.2. The van der Waals surface area contributed by atoms with Crippen molar-refractivity contribution < 1.29 is 13.2 Å². The summed E-state index contributed by atoms with van der Waals surface area (Å²) in [6.07, 6.45) is 0.737. The monoisotopic (exact) mass is 304 g/mol. The van der Waals surface area contributed by atoms with Crippen molar-refractivity contribution in [2.75, 3.05) is 5.32 Å². The highest BCUT2D eigenvalue weighted by molar-refractivity contribution is 7.89. The summed E-state index contributed by atoms with van der Waals surface area (Å²) in [5.41, 5.74) is 1.89. The lowest BCUT2D eigenvalue weighted by molar-refractivity contribution is 0.102. The van der Waals surface area contributed by atoms with Crippen LogP contribution in [0.1, 0.15) is 22.8 Å². The number of nitrogens with two attached hydrogens (primary N) is 1. The number of aryl methyl sites for hydroxylation is 1. The predicted molar refractivity (Wildman–Crippen MR) is 81.6 cm³/mol. The van der Waals surface area contributed by atoms with Crippen LogP contribution in [0.3, 0.4) is 0 Å². The molecular weight excluding hydrogens is 288 g/mol. The molecule has 0 aliphatic carbocycles. The lowest BCUT2D eigenvalue weighted by Crippen LogP contribution is -2.16. The maximum atomic E-state index is 12.3. The molecule has 6 heteroatoms. The van der Waals surface area contributed by atoms with Crippen LogP contribution in [0.2, 0.25) is 0 Å². The van der Waals surface area contributed by atoms with E-state index in [-0.39, 0.29) is 10.8 Å². The van der Waals surface area contributed by atoms with E-state index in [4.69, 9.17) is 5.14 Å². The van der Waals surface area contributed by atoms with Gasteiger partial charge in [0, 0.05) is 11.3 Å². The summed E-state index contributed by atoms with van der Waals surface area (Å²) in [6, 6.07) is 13.1. The van der Waals surface area contributed by atoms with Crippen molar-refractivity contribution in [1.29, 1.82) is 0 Å². The first kappa shape index (κ1) is 15.2. The predicted octanol–water partition coefficient (Wildman–Crippen LogP) is 2.15. The molecule has 5 nitrogen and oxygen atoms in total. The van der Waals surface area contributed by atoms with Gasteiger partial charge in [0.2, 0.25) is 10.0 Å². The number of amides is 1. The van der Waals surface area contributed by atoms with Crippen LogP contribution in [0, 0.1) is 0 Å². The van der Waals surface area contributed by atoms with Crippen LogP contribution in [0.15, 0.2) is 53.4 Å². The van der Waals surface area contributed by atoms with Crippen LogP contribution in [0.5, 0.6) is 0 Å². The Labute approximate surface area is 123 Å². The van der Waals surface area contributed by atoms with E-state index in [1.165, 1.54) is 18.2 Å². The second kappa shape index (κ2) is 6.07. The molecule has 0 unspecified atom stereocenters. The zero-order valence-electron chi connectivity index (χ0n) is 11.5. The van der Waals surface area contributed by atoms with E-state index >= 15 is 0 Å². The van der Waals surface area contributed by atoms with E-state index in [2.05, 4.69) is 5.32 Å². The van der Waals surface area contributed by atoms with E-state index in [9.17, 15) is 13.2 Å². The van der Waals surface area contributed by atoms with Gasteiger partial charge in [0.25, 0.3) is 5.91 Å². The normalized spacial score (nSPS) is 11.1. The minimum Gasteiger partial charge on any atom is -0.322 e. The fourth-order valence-corrected chi connectivity index (χ4v) is 2.56. The summed E-state index contributed by atoms with van der Waals surface area (Å²) in [7, 11) is -3.79. The fourth-order valence-electron chi connectivity index (χ4n) is 2.00. The van der Waals surface area contributed by atoms with Crippen LogP contribution in [-0.4, -0.2) is 14.3 Å². The van der Waals surface area contributed by atoms with Gasteiger partial charge in [-0.2, -0.15) is 0 Å². The Morgan fingerprint density at radius 2 is 1.86 bits per heavy atom. The quantitative estimate of drug-likeness (QED) is 0.907. The summed E-state index contributed by atoms with van der Waals surface area (Å²) < 4.78 is 22.6. The summed E-state index contributed by atoms with van der Waals surface area (Å²) >= 11 is 0. The van der Waals surface area contributed by atoms with Gasteiger partial charge in [-0.15, -0.1) is 0 Å². The third-order valence-electron chi connectivity index (χ3n) is 3.06. The molecule has 0 aliphatic heterocycles. The Kier molecular flexibility index (Phi) is 4.40. The lowest BCUT2D eigenvalue weighted by atomic mass is 10.0. The van der Waals surface area contributed by atoms with Crippen molar-refractivity contribution in [3.63, 3.8) is 0 Å². The van der Waals surface area contributed by atoms with Crippen LogP contribution >= 0.6 is 0 Å². The minimum atomic E-state index is -3.79. The third-order valence-corrected chi connectivity index (χ3v) is 3.97.